The molecule has 164 valence electrons. The minimum atomic E-state index is -0.732. The lowest BCUT2D eigenvalue weighted by Gasteiger charge is -2.22. The monoisotopic (exact) mass is 425 g/mol. The number of methoxy groups -OCH3 is 2. The van der Waals surface area contributed by atoms with Crippen LogP contribution in [0, 0.1) is 5.92 Å². The lowest BCUT2D eigenvalue weighted by molar-refractivity contribution is -0.120. The molecule has 0 aromatic heterocycles. The smallest absolute Gasteiger partial charge is 0.340 e. The highest BCUT2D eigenvalue weighted by molar-refractivity contribution is 6.04. The third kappa shape index (κ3) is 5.63. The molecule has 0 bridgehead atoms. The van der Waals surface area contributed by atoms with Gasteiger partial charge in [-0.3, -0.25) is 9.59 Å². The Hall–Kier alpha value is -3.35. The molecule has 0 heterocycles. The summed E-state index contributed by atoms with van der Waals surface area (Å²) < 4.78 is 15.8. The van der Waals surface area contributed by atoms with E-state index in [1.54, 1.807) is 30.3 Å². The van der Waals surface area contributed by atoms with Gasteiger partial charge in [0.05, 0.1) is 25.5 Å². The average Bonchev–Trinajstić information content (AvgIpc) is 2.83. The number of Topliss-reactive ketones (excluding diaryl/α,β-unsaturated/α-hetero) is 1. The fourth-order valence-electron chi connectivity index (χ4n) is 3.67. The zero-order valence-corrected chi connectivity index (χ0v) is 17.8. The second-order valence-electron chi connectivity index (χ2n) is 7.44. The van der Waals surface area contributed by atoms with Crippen molar-refractivity contribution in [2.45, 2.75) is 32.1 Å². The van der Waals surface area contributed by atoms with Crippen LogP contribution in [0.2, 0.25) is 0 Å². The molecular formula is C24H27NO6. The summed E-state index contributed by atoms with van der Waals surface area (Å²) in [5.41, 5.74) is 0.821. The van der Waals surface area contributed by atoms with Crippen LogP contribution in [0.25, 0.3) is 0 Å². The van der Waals surface area contributed by atoms with Gasteiger partial charge in [-0.1, -0.05) is 49.6 Å². The van der Waals surface area contributed by atoms with Gasteiger partial charge in [0.25, 0.3) is 0 Å². The van der Waals surface area contributed by atoms with E-state index < -0.39 is 12.6 Å². The Morgan fingerprint density at radius 1 is 0.935 bits per heavy atom. The number of amides is 1. The molecule has 1 fully saturated rings. The fourth-order valence-corrected chi connectivity index (χ4v) is 3.67. The summed E-state index contributed by atoms with van der Waals surface area (Å²) in [6, 6.07) is 11.6. The van der Waals surface area contributed by atoms with E-state index in [2.05, 4.69) is 5.32 Å². The Balaban J connectivity index is 1.80. The lowest BCUT2D eigenvalue weighted by atomic mass is 9.88. The zero-order valence-electron chi connectivity index (χ0n) is 17.8. The highest BCUT2D eigenvalue weighted by Crippen LogP contribution is 2.35. The summed E-state index contributed by atoms with van der Waals surface area (Å²) in [6.45, 7) is -0.410. The van der Waals surface area contributed by atoms with Crippen LogP contribution in [0.15, 0.2) is 42.5 Å². The van der Waals surface area contributed by atoms with Crippen molar-refractivity contribution in [3.63, 3.8) is 0 Å². The second kappa shape index (κ2) is 10.6. The van der Waals surface area contributed by atoms with Crippen LogP contribution in [0.4, 0.5) is 5.69 Å². The van der Waals surface area contributed by atoms with E-state index in [0.717, 1.165) is 32.1 Å². The highest BCUT2D eigenvalue weighted by atomic mass is 16.5. The van der Waals surface area contributed by atoms with Crippen LogP contribution in [0.1, 0.15) is 52.8 Å². The van der Waals surface area contributed by atoms with Gasteiger partial charge in [0.15, 0.2) is 23.9 Å². The zero-order chi connectivity index (χ0) is 22.2. The molecule has 0 unspecified atom stereocenters. The third-order valence-corrected chi connectivity index (χ3v) is 5.41. The second-order valence-corrected chi connectivity index (χ2v) is 7.44. The van der Waals surface area contributed by atoms with Crippen molar-refractivity contribution in [2.24, 2.45) is 5.92 Å². The summed E-state index contributed by atoms with van der Waals surface area (Å²) in [4.78, 5) is 37.8. The normalized spacial score (nSPS) is 13.9. The van der Waals surface area contributed by atoms with Gasteiger partial charge in [-0.15, -0.1) is 0 Å². The summed E-state index contributed by atoms with van der Waals surface area (Å²) >= 11 is 0. The standard InChI is InChI=1S/C24H27NO6/c1-29-21-13-18(24(28)31-15-20(26)16-9-5-3-6-10-16)19(14-22(21)30-2)25-23(27)17-11-7-4-8-12-17/h3,5-6,9-10,13-14,17H,4,7-8,11-12,15H2,1-2H3,(H,25,27). The topological polar surface area (TPSA) is 90.9 Å². The quantitative estimate of drug-likeness (QED) is 0.502. The minimum Gasteiger partial charge on any atom is -0.493 e. The van der Waals surface area contributed by atoms with Gasteiger partial charge in [-0.25, -0.2) is 4.79 Å². The number of anilines is 1. The first-order chi connectivity index (χ1) is 15.0. The van der Waals surface area contributed by atoms with Crippen LogP contribution >= 0.6 is 0 Å². The first-order valence-corrected chi connectivity index (χ1v) is 10.4. The molecule has 0 spiro atoms. The van der Waals surface area contributed by atoms with Crippen LogP contribution in [-0.2, 0) is 9.53 Å². The van der Waals surface area contributed by atoms with Crippen LogP contribution in [-0.4, -0.2) is 38.5 Å². The van der Waals surface area contributed by atoms with Gasteiger partial charge in [-0.05, 0) is 12.8 Å². The van der Waals surface area contributed by atoms with Gasteiger partial charge in [0.2, 0.25) is 5.91 Å². The van der Waals surface area contributed by atoms with Crippen molar-refractivity contribution in [3.05, 3.63) is 53.6 Å². The maximum absolute atomic E-state index is 12.8. The molecule has 1 amide bonds. The van der Waals surface area contributed by atoms with Crippen molar-refractivity contribution in [1.82, 2.24) is 0 Å². The van der Waals surface area contributed by atoms with Gasteiger partial charge < -0.3 is 19.5 Å². The van der Waals surface area contributed by atoms with Crippen LogP contribution in [0.5, 0.6) is 11.5 Å². The summed E-state index contributed by atoms with van der Waals surface area (Å²) in [5, 5.41) is 2.85. The van der Waals surface area contributed by atoms with E-state index in [9.17, 15) is 14.4 Å². The predicted molar refractivity (Wildman–Crippen MR) is 116 cm³/mol. The molecule has 0 aliphatic heterocycles. The molecule has 1 N–H and O–H groups in total. The minimum absolute atomic E-state index is 0.0922. The predicted octanol–water partition coefficient (Wildman–Crippen LogP) is 4.26. The number of esters is 1. The third-order valence-electron chi connectivity index (χ3n) is 5.41. The van der Waals surface area contributed by atoms with Gasteiger partial charge in [0, 0.05) is 23.6 Å². The van der Waals surface area contributed by atoms with E-state index in [0.29, 0.717) is 17.1 Å². The van der Waals surface area contributed by atoms with E-state index >= 15 is 0 Å². The fraction of sp³-hybridized carbons (Fsp3) is 0.375. The molecule has 1 aliphatic rings. The summed E-state index contributed by atoms with van der Waals surface area (Å²) in [5.74, 6) is -0.587. The number of rotatable bonds is 8. The maximum Gasteiger partial charge on any atom is 0.340 e. The maximum atomic E-state index is 12.8. The average molecular weight is 425 g/mol. The highest BCUT2D eigenvalue weighted by Gasteiger charge is 2.25. The van der Waals surface area contributed by atoms with E-state index in [-0.39, 0.29) is 28.9 Å². The largest absolute Gasteiger partial charge is 0.493 e. The Morgan fingerprint density at radius 3 is 2.23 bits per heavy atom. The number of benzene rings is 2. The van der Waals surface area contributed by atoms with Crippen LogP contribution in [0.3, 0.4) is 0 Å². The number of carbonyl (C=O) groups excluding carboxylic acids is 3. The number of ketones is 1. The number of ether oxygens (including phenoxy) is 3. The summed E-state index contributed by atoms with van der Waals surface area (Å²) in [7, 11) is 2.92. The molecule has 0 radical (unpaired) electrons. The molecular weight excluding hydrogens is 398 g/mol. The Labute approximate surface area is 181 Å². The Bertz CT molecular complexity index is 935. The summed E-state index contributed by atoms with van der Waals surface area (Å²) in [6.07, 6.45) is 4.81. The lowest BCUT2D eigenvalue weighted by Crippen LogP contribution is -2.26. The Kier molecular flexibility index (Phi) is 7.65. The van der Waals surface area contributed by atoms with Gasteiger partial charge in [-0.2, -0.15) is 0 Å². The number of nitrogens with one attached hydrogen (secondary N) is 1. The van der Waals surface area contributed by atoms with Gasteiger partial charge in [0.1, 0.15) is 0 Å². The van der Waals surface area contributed by atoms with E-state index in [1.165, 1.54) is 26.4 Å². The number of hydrogen-bond acceptors (Lipinski definition) is 6. The van der Waals surface area contributed by atoms with E-state index in [4.69, 9.17) is 14.2 Å². The van der Waals surface area contributed by atoms with Crippen LogP contribution < -0.4 is 14.8 Å². The first kappa shape index (κ1) is 22.3. The van der Waals surface area contributed by atoms with Gasteiger partial charge >= 0.3 is 5.97 Å². The molecule has 7 nitrogen and oxygen atoms in total. The molecule has 7 heteroatoms. The van der Waals surface area contributed by atoms with Crippen molar-refractivity contribution in [3.8, 4) is 11.5 Å². The molecule has 0 saturated heterocycles. The molecule has 1 saturated carbocycles. The molecule has 31 heavy (non-hydrogen) atoms. The molecule has 0 atom stereocenters. The SMILES string of the molecule is COc1cc(NC(=O)C2CCCCC2)c(C(=O)OCC(=O)c2ccccc2)cc1OC. The van der Waals surface area contributed by atoms with Crippen molar-refractivity contribution >= 4 is 23.3 Å². The molecule has 2 aromatic carbocycles. The van der Waals surface area contributed by atoms with E-state index in [1.807, 2.05) is 0 Å². The molecule has 3 rings (SSSR count). The number of carbonyl (C=O) groups is 3. The van der Waals surface area contributed by atoms with Crippen molar-refractivity contribution in [1.29, 1.82) is 0 Å². The van der Waals surface area contributed by atoms with Crippen molar-refractivity contribution < 1.29 is 28.6 Å². The number of hydrogen-bond donors (Lipinski definition) is 1. The molecule has 2 aromatic rings. The first-order valence-electron chi connectivity index (χ1n) is 10.4. The molecule has 1 aliphatic carbocycles. The van der Waals surface area contributed by atoms with Crippen molar-refractivity contribution in [2.75, 3.05) is 26.1 Å². The Morgan fingerprint density at radius 2 is 1.58 bits per heavy atom.